The van der Waals surface area contributed by atoms with Crippen LogP contribution < -0.4 is 0 Å². The molecule has 1 heterocycles. The Morgan fingerprint density at radius 1 is 1.46 bits per heavy atom. The van der Waals surface area contributed by atoms with Gasteiger partial charge in [0.1, 0.15) is 5.92 Å². The van der Waals surface area contributed by atoms with Crippen molar-refractivity contribution < 1.29 is 4.79 Å². The van der Waals surface area contributed by atoms with E-state index >= 15 is 0 Å². The van der Waals surface area contributed by atoms with E-state index in [1.54, 1.807) is 6.20 Å². The SMILES string of the molecule is CCn1c(-c2ccc(Br)cc2)cnc1SCC(=O)[C@H](C#N)C(C)=N. The third-order valence-corrected chi connectivity index (χ3v) is 5.04. The number of thioether (sulfide) groups is 1. The molecule has 0 saturated heterocycles. The van der Waals surface area contributed by atoms with Gasteiger partial charge in [-0.2, -0.15) is 5.26 Å². The number of imidazole rings is 1. The van der Waals surface area contributed by atoms with Crippen molar-refractivity contribution >= 4 is 39.2 Å². The Morgan fingerprint density at radius 2 is 2.12 bits per heavy atom. The number of halogens is 1. The van der Waals surface area contributed by atoms with Crippen LogP contribution in [-0.4, -0.2) is 26.8 Å². The van der Waals surface area contributed by atoms with E-state index in [2.05, 4.69) is 20.9 Å². The number of ketones is 1. The number of benzene rings is 1. The van der Waals surface area contributed by atoms with Gasteiger partial charge in [-0.25, -0.2) is 4.98 Å². The zero-order valence-corrected chi connectivity index (χ0v) is 15.8. The van der Waals surface area contributed by atoms with Gasteiger partial charge < -0.3 is 9.98 Å². The quantitative estimate of drug-likeness (QED) is 0.554. The highest BCUT2D eigenvalue weighted by molar-refractivity contribution is 9.10. The number of aromatic nitrogens is 2. The van der Waals surface area contributed by atoms with E-state index in [9.17, 15) is 4.79 Å². The fourth-order valence-corrected chi connectivity index (χ4v) is 3.47. The summed E-state index contributed by atoms with van der Waals surface area (Å²) >= 11 is 4.73. The molecule has 7 heteroatoms. The minimum Gasteiger partial charge on any atom is -0.319 e. The minimum absolute atomic E-state index is 0.0810. The van der Waals surface area contributed by atoms with Crippen molar-refractivity contribution in [3.63, 3.8) is 0 Å². The summed E-state index contributed by atoms with van der Waals surface area (Å²) in [4.78, 5) is 16.5. The second-order valence-electron chi connectivity index (χ2n) is 5.18. The summed E-state index contributed by atoms with van der Waals surface area (Å²) in [5.74, 6) is -1.09. The van der Waals surface area contributed by atoms with Crippen molar-refractivity contribution in [3.8, 4) is 17.3 Å². The molecule has 0 bridgehead atoms. The van der Waals surface area contributed by atoms with E-state index in [1.165, 1.54) is 18.7 Å². The number of hydrogen-bond donors (Lipinski definition) is 1. The molecule has 0 aliphatic rings. The molecule has 0 saturated carbocycles. The van der Waals surface area contributed by atoms with Crippen LogP contribution in [0.3, 0.4) is 0 Å². The highest BCUT2D eigenvalue weighted by atomic mass is 79.9. The fourth-order valence-electron chi connectivity index (χ4n) is 2.26. The predicted molar refractivity (Wildman–Crippen MR) is 99.3 cm³/mol. The zero-order chi connectivity index (χ0) is 17.7. The van der Waals surface area contributed by atoms with E-state index < -0.39 is 5.92 Å². The number of nitriles is 1. The summed E-state index contributed by atoms with van der Waals surface area (Å²) in [5, 5.41) is 17.2. The summed E-state index contributed by atoms with van der Waals surface area (Å²) in [5.41, 5.74) is 2.12. The lowest BCUT2D eigenvalue weighted by molar-refractivity contribution is -0.117. The monoisotopic (exact) mass is 404 g/mol. The van der Waals surface area contributed by atoms with Gasteiger partial charge in [0.25, 0.3) is 0 Å². The average molecular weight is 405 g/mol. The van der Waals surface area contributed by atoms with Gasteiger partial charge in [0.15, 0.2) is 10.9 Å². The topological polar surface area (TPSA) is 82.5 Å². The van der Waals surface area contributed by atoms with E-state index in [-0.39, 0.29) is 17.2 Å². The van der Waals surface area contributed by atoms with E-state index in [0.717, 1.165) is 27.4 Å². The molecule has 0 unspecified atom stereocenters. The lowest BCUT2D eigenvalue weighted by Gasteiger charge is -2.10. The third-order valence-electron chi connectivity index (χ3n) is 3.50. The zero-order valence-electron chi connectivity index (χ0n) is 13.4. The summed E-state index contributed by atoms with van der Waals surface area (Å²) < 4.78 is 3.05. The third kappa shape index (κ3) is 4.13. The van der Waals surface area contributed by atoms with Crippen LogP contribution in [0.5, 0.6) is 0 Å². The van der Waals surface area contributed by atoms with Crippen molar-refractivity contribution in [2.24, 2.45) is 5.92 Å². The van der Waals surface area contributed by atoms with Gasteiger partial charge >= 0.3 is 0 Å². The number of rotatable bonds is 7. The molecule has 0 fully saturated rings. The largest absolute Gasteiger partial charge is 0.319 e. The van der Waals surface area contributed by atoms with Crippen LogP contribution >= 0.6 is 27.7 Å². The van der Waals surface area contributed by atoms with Crippen LogP contribution in [0.4, 0.5) is 0 Å². The van der Waals surface area contributed by atoms with Crippen LogP contribution in [0.25, 0.3) is 11.3 Å². The standard InChI is InChI=1S/C17H17BrN4OS/c1-3-22-15(12-4-6-13(18)7-5-12)9-21-17(22)24-10-16(23)14(8-19)11(2)20/h4-7,9,14,20H,3,10H2,1-2H3/t14-/m1/s1. The maximum atomic E-state index is 12.1. The number of carbonyl (C=O) groups is 1. The van der Waals surface area contributed by atoms with Crippen LogP contribution in [0.2, 0.25) is 0 Å². The Morgan fingerprint density at radius 3 is 2.67 bits per heavy atom. The molecule has 0 spiro atoms. The molecule has 1 atom stereocenters. The first kappa shape index (κ1) is 18.4. The Balaban J connectivity index is 2.18. The number of carbonyl (C=O) groups excluding carboxylic acids is 1. The van der Waals surface area contributed by atoms with Crippen molar-refractivity contribution in [1.82, 2.24) is 9.55 Å². The second-order valence-corrected chi connectivity index (χ2v) is 7.04. The van der Waals surface area contributed by atoms with E-state index in [4.69, 9.17) is 10.7 Å². The maximum absolute atomic E-state index is 12.1. The number of Topliss-reactive ketones (excluding diaryl/α,β-unsaturated/α-hetero) is 1. The summed E-state index contributed by atoms with van der Waals surface area (Å²) in [6.07, 6.45) is 1.79. The summed E-state index contributed by atoms with van der Waals surface area (Å²) in [7, 11) is 0. The van der Waals surface area contributed by atoms with Crippen molar-refractivity contribution in [1.29, 1.82) is 10.7 Å². The molecule has 0 radical (unpaired) electrons. The Hall–Kier alpha value is -1.91. The van der Waals surface area contributed by atoms with Crippen molar-refractivity contribution in [3.05, 3.63) is 34.9 Å². The Bertz CT molecular complexity index is 792. The highest BCUT2D eigenvalue weighted by Crippen LogP contribution is 2.27. The molecule has 5 nitrogen and oxygen atoms in total. The van der Waals surface area contributed by atoms with E-state index in [1.807, 2.05) is 41.8 Å². The maximum Gasteiger partial charge on any atom is 0.168 e. The number of nitrogens with one attached hydrogen (secondary N) is 1. The Kier molecular flexibility index (Phi) is 6.35. The molecule has 24 heavy (non-hydrogen) atoms. The molecule has 2 aromatic rings. The van der Waals surface area contributed by atoms with Gasteiger partial charge in [0.05, 0.1) is 23.7 Å². The first-order valence-electron chi connectivity index (χ1n) is 7.39. The molecule has 1 aromatic heterocycles. The number of nitrogens with zero attached hydrogens (tertiary/aromatic N) is 3. The van der Waals surface area contributed by atoms with Gasteiger partial charge in [0.2, 0.25) is 0 Å². The molecule has 0 aliphatic heterocycles. The van der Waals surface area contributed by atoms with Crippen molar-refractivity contribution in [2.75, 3.05) is 5.75 Å². The molecule has 1 aromatic carbocycles. The molecule has 2 rings (SSSR count). The number of hydrogen-bond acceptors (Lipinski definition) is 5. The lowest BCUT2D eigenvalue weighted by atomic mass is 10.0. The van der Waals surface area contributed by atoms with Crippen LogP contribution in [0, 0.1) is 22.7 Å². The van der Waals surface area contributed by atoms with Crippen molar-refractivity contribution in [2.45, 2.75) is 25.5 Å². The normalized spacial score (nSPS) is 11.8. The summed E-state index contributed by atoms with van der Waals surface area (Å²) in [6.45, 7) is 4.23. The average Bonchev–Trinajstić information content (AvgIpc) is 2.96. The van der Waals surface area contributed by atoms with Crippen LogP contribution in [0.15, 0.2) is 40.1 Å². The first-order valence-corrected chi connectivity index (χ1v) is 9.17. The Labute approximate surface area is 153 Å². The highest BCUT2D eigenvalue weighted by Gasteiger charge is 2.21. The van der Waals surface area contributed by atoms with E-state index in [0.29, 0.717) is 0 Å². The lowest BCUT2D eigenvalue weighted by Crippen LogP contribution is -2.21. The molecule has 124 valence electrons. The van der Waals surface area contributed by atoms with Gasteiger partial charge in [-0.1, -0.05) is 39.8 Å². The van der Waals surface area contributed by atoms with Gasteiger partial charge in [0, 0.05) is 16.7 Å². The smallest absolute Gasteiger partial charge is 0.168 e. The summed E-state index contributed by atoms with van der Waals surface area (Å²) in [6, 6.07) is 9.86. The van der Waals surface area contributed by atoms with Crippen LogP contribution in [-0.2, 0) is 11.3 Å². The van der Waals surface area contributed by atoms with Gasteiger partial charge in [-0.3, -0.25) is 4.79 Å². The molecular formula is C17H17BrN4OS. The van der Waals surface area contributed by atoms with Gasteiger partial charge in [-0.05, 0) is 31.5 Å². The second kappa shape index (κ2) is 8.27. The molecule has 0 amide bonds. The van der Waals surface area contributed by atoms with Crippen LogP contribution in [0.1, 0.15) is 13.8 Å². The van der Waals surface area contributed by atoms with Gasteiger partial charge in [-0.15, -0.1) is 0 Å². The first-order chi connectivity index (χ1) is 11.5. The minimum atomic E-state index is -0.964. The predicted octanol–water partition coefficient (Wildman–Crippen LogP) is 4.17. The molecule has 0 aliphatic carbocycles. The molecular weight excluding hydrogens is 388 g/mol. The fraction of sp³-hybridized carbons (Fsp3) is 0.294. The molecule has 1 N–H and O–H groups in total.